The number of rotatable bonds is 24. The van der Waals surface area contributed by atoms with E-state index in [-0.39, 0.29) is 48.9 Å². The molecule has 0 radical (unpaired) electrons. The zero-order valence-corrected chi connectivity index (χ0v) is 32.0. The number of aliphatic hydroxyl groups is 4. The Kier molecular flexibility index (Phi) is 23.2. The molecule has 0 aliphatic heterocycles. The number of nitrogens with one attached hydrogen (secondary N) is 2. The summed E-state index contributed by atoms with van der Waals surface area (Å²) < 4.78 is 0. The topological polar surface area (TPSA) is 194 Å². The van der Waals surface area contributed by atoms with Gasteiger partial charge in [0, 0.05) is 37.6 Å². The molecular weight excluding hydrogens is 707 g/mol. The summed E-state index contributed by atoms with van der Waals surface area (Å²) in [6.07, 6.45) is 5.24. The zero-order chi connectivity index (χ0) is 36.3. The normalized spacial score (nSPS) is 13.4. The number of halogens is 2. The minimum Gasteiger partial charge on any atom is -0.394 e. The van der Waals surface area contributed by atoms with Gasteiger partial charge in [0.15, 0.2) is 0 Å². The maximum Gasteiger partial charge on any atom is 0.269 e. The second kappa shape index (κ2) is 25.7. The number of hydrogen-bond acceptors (Lipinski definition) is 10. The molecule has 1 aromatic heterocycles. The smallest absolute Gasteiger partial charge is 0.269 e. The summed E-state index contributed by atoms with van der Waals surface area (Å²) in [6.45, 7) is 6.63. The Labute approximate surface area is 320 Å². The molecule has 8 N–H and O–H groups in total. The predicted molar refractivity (Wildman–Crippen MR) is 208 cm³/mol. The molecule has 0 aliphatic carbocycles. The van der Waals surface area contributed by atoms with Crippen LogP contribution in [0.15, 0.2) is 60.9 Å². The van der Waals surface area contributed by atoms with Crippen LogP contribution in [-0.2, 0) is 19.3 Å². The van der Waals surface area contributed by atoms with Gasteiger partial charge in [-0.25, -0.2) is 4.98 Å². The van der Waals surface area contributed by atoms with Gasteiger partial charge in [-0.15, -0.1) is 24.8 Å². The Morgan fingerprint density at radius 3 is 2.27 bits per heavy atom. The first kappa shape index (κ1) is 46.8. The van der Waals surface area contributed by atoms with Crippen LogP contribution < -0.4 is 16.4 Å². The third kappa shape index (κ3) is 16.2. The number of nitrogens with zero attached hydrogens (tertiary/aromatic N) is 3. The van der Waals surface area contributed by atoms with Crippen LogP contribution in [0.5, 0.6) is 0 Å². The Morgan fingerprint density at radius 2 is 1.60 bits per heavy atom. The van der Waals surface area contributed by atoms with Crippen molar-refractivity contribution in [3.63, 3.8) is 0 Å². The van der Waals surface area contributed by atoms with Gasteiger partial charge in [-0.3, -0.25) is 19.5 Å². The van der Waals surface area contributed by atoms with E-state index in [4.69, 9.17) is 10.8 Å². The van der Waals surface area contributed by atoms with Crippen molar-refractivity contribution in [1.29, 1.82) is 0 Å². The van der Waals surface area contributed by atoms with Crippen LogP contribution in [0.25, 0.3) is 0 Å². The second-order valence-electron chi connectivity index (χ2n) is 13.0. The van der Waals surface area contributed by atoms with Gasteiger partial charge in [0.25, 0.3) is 11.8 Å². The molecule has 0 bridgehead atoms. The fraction of sp³-hybridized carbons (Fsp3) is 0.526. The van der Waals surface area contributed by atoms with Crippen molar-refractivity contribution in [2.45, 2.75) is 77.1 Å². The minimum absolute atomic E-state index is 0. The molecule has 2 amide bonds. The molecule has 52 heavy (non-hydrogen) atoms. The molecule has 3 aromatic rings. The summed E-state index contributed by atoms with van der Waals surface area (Å²) >= 11 is 0. The van der Waals surface area contributed by atoms with E-state index in [0.29, 0.717) is 43.9 Å². The number of amides is 2. The fourth-order valence-corrected chi connectivity index (χ4v) is 5.95. The number of nitrogens with two attached hydrogens (primary N) is 1. The molecule has 14 heteroatoms. The molecule has 4 atom stereocenters. The molecule has 2 aromatic carbocycles. The molecule has 3 rings (SSSR count). The molecule has 290 valence electrons. The molecule has 0 aliphatic rings. The first-order valence-electron chi connectivity index (χ1n) is 17.7. The first-order chi connectivity index (χ1) is 24.1. The number of unbranched alkanes of at least 4 members (excludes halogenated alkanes) is 3. The van der Waals surface area contributed by atoms with Gasteiger partial charge in [0.2, 0.25) is 0 Å². The molecule has 0 fully saturated rings. The van der Waals surface area contributed by atoms with Crippen molar-refractivity contribution < 1.29 is 30.0 Å². The largest absolute Gasteiger partial charge is 0.394 e. The highest BCUT2D eigenvalue weighted by atomic mass is 35.5. The average molecular weight is 766 g/mol. The van der Waals surface area contributed by atoms with Crippen molar-refractivity contribution >= 4 is 36.6 Å². The predicted octanol–water partition coefficient (Wildman–Crippen LogP) is 2.65. The summed E-state index contributed by atoms with van der Waals surface area (Å²) in [5.41, 5.74) is 10.5. The van der Waals surface area contributed by atoms with Gasteiger partial charge in [0.1, 0.15) is 17.9 Å². The third-order valence-electron chi connectivity index (χ3n) is 8.96. The minimum atomic E-state index is -1.46. The van der Waals surface area contributed by atoms with E-state index in [0.717, 1.165) is 50.6 Å². The molecule has 0 unspecified atom stereocenters. The van der Waals surface area contributed by atoms with Crippen LogP contribution >= 0.6 is 24.8 Å². The Morgan fingerprint density at radius 1 is 0.885 bits per heavy atom. The van der Waals surface area contributed by atoms with Crippen molar-refractivity contribution in [3.05, 3.63) is 94.6 Å². The highest BCUT2D eigenvalue weighted by Crippen LogP contribution is 2.18. The zero-order valence-electron chi connectivity index (χ0n) is 30.3. The van der Waals surface area contributed by atoms with E-state index in [1.807, 2.05) is 41.3 Å². The van der Waals surface area contributed by atoms with E-state index in [1.54, 1.807) is 6.20 Å². The lowest BCUT2D eigenvalue weighted by Crippen LogP contribution is -2.47. The number of aryl methyl sites for hydroxylation is 1. The second-order valence-corrected chi connectivity index (χ2v) is 13.0. The van der Waals surface area contributed by atoms with E-state index in [2.05, 4.69) is 46.6 Å². The van der Waals surface area contributed by atoms with Gasteiger partial charge in [0.05, 0.1) is 18.4 Å². The molecular formula is C38H58Cl2N6O6. The monoisotopic (exact) mass is 764 g/mol. The lowest BCUT2D eigenvalue weighted by Gasteiger charge is -2.29. The summed E-state index contributed by atoms with van der Waals surface area (Å²) in [5.74, 6) is -0.625. The number of carbonyl (C=O) groups excluding carboxylic acids is 2. The number of benzene rings is 2. The van der Waals surface area contributed by atoms with Gasteiger partial charge >= 0.3 is 0 Å². The quantitative estimate of drug-likeness (QED) is 0.0667. The Balaban J connectivity index is 0.00000676. The number of aromatic nitrogens is 2. The standard InChI is InChI=1S/C38H56N6O6.2ClH/c1-3-4-5-8-20-44(25-33(46)36(48)34(47)26-45)21-19-43-38(50)30-13-11-28(12-14-30)15-16-40-24-29(22-31-10-7-6-9-27(31)2)23-32-35(37(39)49)42-18-17-41-32;;/h6-7,9-14,17-18,29,33-34,36,40,45-48H,3-5,8,15-16,19-26H2,1-2H3,(H2,39,49)(H,43,50);2*1H/t29-,33+,34-,36-;;/m1../s1. The maximum absolute atomic E-state index is 12.9. The molecule has 0 spiro atoms. The third-order valence-corrected chi connectivity index (χ3v) is 8.96. The van der Waals surface area contributed by atoms with E-state index in [1.165, 1.54) is 17.3 Å². The highest BCUT2D eigenvalue weighted by Gasteiger charge is 2.26. The highest BCUT2D eigenvalue weighted by molar-refractivity contribution is 5.94. The lowest BCUT2D eigenvalue weighted by molar-refractivity contribution is -0.0840. The number of hydrogen-bond donors (Lipinski definition) is 7. The summed E-state index contributed by atoms with van der Waals surface area (Å²) in [4.78, 5) is 35.4. The van der Waals surface area contributed by atoms with Crippen LogP contribution in [0, 0.1) is 12.8 Å². The van der Waals surface area contributed by atoms with Crippen molar-refractivity contribution in [3.8, 4) is 0 Å². The average Bonchev–Trinajstić information content (AvgIpc) is 3.12. The lowest BCUT2D eigenvalue weighted by atomic mass is 9.91. The molecule has 0 saturated heterocycles. The van der Waals surface area contributed by atoms with Gasteiger partial charge < -0.3 is 36.8 Å². The van der Waals surface area contributed by atoms with Crippen molar-refractivity contribution in [2.24, 2.45) is 11.7 Å². The van der Waals surface area contributed by atoms with Gasteiger partial charge in [-0.1, -0.05) is 62.6 Å². The van der Waals surface area contributed by atoms with Crippen LogP contribution in [0.3, 0.4) is 0 Å². The van der Waals surface area contributed by atoms with Crippen LogP contribution in [-0.4, -0.2) is 111 Å². The molecule has 12 nitrogen and oxygen atoms in total. The first-order valence-corrected chi connectivity index (χ1v) is 17.7. The van der Waals surface area contributed by atoms with Crippen LogP contribution in [0.2, 0.25) is 0 Å². The molecule has 0 saturated carbocycles. The number of aliphatic hydroxyl groups excluding tert-OH is 4. The summed E-state index contributed by atoms with van der Waals surface area (Å²) in [7, 11) is 0. The molecule has 1 heterocycles. The van der Waals surface area contributed by atoms with Crippen molar-refractivity contribution in [2.75, 3.05) is 45.9 Å². The number of carbonyl (C=O) groups is 2. The number of primary amides is 1. The van der Waals surface area contributed by atoms with E-state index < -0.39 is 30.8 Å². The Bertz CT molecular complexity index is 1450. The van der Waals surface area contributed by atoms with Crippen LogP contribution in [0.1, 0.15) is 75.8 Å². The SMILES string of the molecule is CCCCCCN(CCNC(=O)c1ccc(CCNC[C@H](Cc2ccccc2C)Cc2nccnc2C(N)=O)cc1)C[C@H](O)[C@@H](O)[C@H](O)CO.Cl.Cl. The summed E-state index contributed by atoms with van der Waals surface area (Å²) in [5, 5.41) is 45.8. The van der Waals surface area contributed by atoms with E-state index in [9.17, 15) is 24.9 Å². The van der Waals surface area contributed by atoms with Crippen molar-refractivity contribution in [1.82, 2.24) is 25.5 Å². The van der Waals surface area contributed by atoms with Crippen LogP contribution in [0.4, 0.5) is 0 Å². The van der Waals surface area contributed by atoms with Gasteiger partial charge in [-0.05, 0) is 87.0 Å². The summed E-state index contributed by atoms with van der Waals surface area (Å²) in [6, 6.07) is 15.8. The maximum atomic E-state index is 12.9. The fourth-order valence-electron chi connectivity index (χ4n) is 5.95. The van der Waals surface area contributed by atoms with Gasteiger partial charge in [-0.2, -0.15) is 0 Å². The van der Waals surface area contributed by atoms with E-state index >= 15 is 0 Å². The Hall–Kier alpha value is -3.20.